The van der Waals surface area contributed by atoms with Gasteiger partial charge in [-0.2, -0.15) is 5.10 Å². The van der Waals surface area contributed by atoms with Gasteiger partial charge in [0.1, 0.15) is 18.8 Å². The standard InChI is InChI=1S/C26H32N2O3.C3H8.C2H5NO/c1-19-5-7-20(8-6-19)24-17-25(26(2)15-13-23(14-16-26)31-18-29-3)27-28(24)21-9-11-22(30-4)12-10-21;1-3-2;3-1-2-4/h5-12,17,23H,13-16,18H2,1-4H3;3H2,1-2H3;2H,1,3H2. The van der Waals surface area contributed by atoms with E-state index >= 15 is 0 Å². The Balaban J connectivity index is 0.000000650. The van der Waals surface area contributed by atoms with E-state index in [2.05, 4.69) is 80.6 Å². The Labute approximate surface area is 228 Å². The maximum Gasteiger partial charge on any atom is 0.146 e. The van der Waals surface area contributed by atoms with Gasteiger partial charge in [-0.05, 0) is 62.9 Å². The van der Waals surface area contributed by atoms with Crippen LogP contribution in [0.4, 0.5) is 0 Å². The molecule has 0 unspecified atom stereocenters. The summed E-state index contributed by atoms with van der Waals surface area (Å²) < 4.78 is 18.3. The van der Waals surface area contributed by atoms with E-state index in [0.717, 1.165) is 48.5 Å². The molecule has 2 aromatic carbocycles. The molecule has 0 atom stereocenters. The van der Waals surface area contributed by atoms with Crippen LogP contribution in [0.1, 0.15) is 64.1 Å². The fraction of sp³-hybridized carbons (Fsp3) is 0.484. The number of aryl methyl sites for hydroxylation is 1. The molecule has 1 aliphatic rings. The second kappa shape index (κ2) is 16.1. The van der Waals surface area contributed by atoms with E-state index in [-0.39, 0.29) is 18.1 Å². The van der Waals surface area contributed by atoms with E-state index in [1.807, 2.05) is 12.1 Å². The number of hydrogen-bond donors (Lipinski definition) is 1. The van der Waals surface area contributed by atoms with E-state index in [1.165, 1.54) is 17.5 Å². The van der Waals surface area contributed by atoms with Crippen molar-refractivity contribution in [3.05, 3.63) is 65.9 Å². The normalized spacial score (nSPS) is 18.4. The number of carbonyl (C=O) groups is 1. The van der Waals surface area contributed by atoms with Gasteiger partial charge in [-0.15, -0.1) is 0 Å². The predicted molar refractivity (Wildman–Crippen MR) is 154 cm³/mol. The first-order valence-corrected chi connectivity index (χ1v) is 13.4. The summed E-state index contributed by atoms with van der Waals surface area (Å²) in [6.07, 6.45) is 6.32. The fourth-order valence-corrected chi connectivity index (χ4v) is 4.34. The quantitative estimate of drug-likeness (QED) is 0.278. The van der Waals surface area contributed by atoms with E-state index in [0.29, 0.717) is 13.1 Å². The predicted octanol–water partition coefficient (Wildman–Crippen LogP) is 6.24. The van der Waals surface area contributed by atoms with Crippen LogP contribution in [0.3, 0.4) is 0 Å². The first-order chi connectivity index (χ1) is 18.3. The fourth-order valence-electron chi connectivity index (χ4n) is 4.34. The third-order valence-corrected chi connectivity index (χ3v) is 6.55. The number of methoxy groups -OCH3 is 2. The van der Waals surface area contributed by atoms with Crippen LogP contribution in [-0.4, -0.2) is 49.7 Å². The molecule has 7 nitrogen and oxygen atoms in total. The number of carbonyl (C=O) groups excluding carboxylic acids is 1. The number of aromatic nitrogens is 2. The van der Waals surface area contributed by atoms with Gasteiger partial charge in [-0.1, -0.05) is 57.0 Å². The van der Waals surface area contributed by atoms with Gasteiger partial charge >= 0.3 is 0 Å². The van der Waals surface area contributed by atoms with Crippen molar-refractivity contribution in [2.45, 2.75) is 71.3 Å². The molecule has 1 saturated carbocycles. The molecule has 0 aliphatic heterocycles. The highest BCUT2D eigenvalue weighted by Crippen LogP contribution is 2.41. The molecule has 0 spiro atoms. The first-order valence-electron chi connectivity index (χ1n) is 13.4. The van der Waals surface area contributed by atoms with Gasteiger partial charge in [0.2, 0.25) is 0 Å². The van der Waals surface area contributed by atoms with Crippen LogP contribution >= 0.6 is 0 Å². The zero-order valence-electron chi connectivity index (χ0n) is 23.9. The Hall–Kier alpha value is -3.00. The lowest BCUT2D eigenvalue weighted by Gasteiger charge is -2.35. The molecule has 1 aliphatic carbocycles. The Kier molecular flexibility index (Phi) is 13.2. The van der Waals surface area contributed by atoms with Gasteiger partial charge in [0.05, 0.1) is 30.3 Å². The van der Waals surface area contributed by atoms with Gasteiger partial charge in [0.25, 0.3) is 0 Å². The molecule has 1 heterocycles. The van der Waals surface area contributed by atoms with E-state index in [4.69, 9.17) is 24.1 Å². The lowest BCUT2D eigenvalue weighted by atomic mass is 9.72. The lowest BCUT2D eigenvalue weighted by Crippen LogP contribution is -2.32. The second-order valence-corrected chi connectivity index (χ2v) is 9.83. The second-order valence-electron chi connectivity index (χ2n) is 9.83. The topological polar surface area (TPSA) is 88.6 Å². The monoisotopic (exact) mass is 523 g/mol. The number of nitrogens with two attached hydrogens (primary N) is 1. The summed E-state index contributed by atoms with van der Waals surface area (Å²) in [5, 5.41) is 5.13. The van der Waals surface area contributed by atoms with Crippen molar-refractivity contribution in [1.82, 2.24) is 9.78 Å². The average molecular weight is 524 g/mol. The highest BCUT2D eigenvalue weighted by molar-refractivity contribution is 5.63. The van der Waals surface area contributed by atoms with Crippen molar-refractivity contribution >= 4 is 6.29 Å². The number of aldehydes is 1. The van der Waals surface area contributed by atoms with Crippen molar-refractivity contribution < 1.29 is 19.0 Å². The number of nitrogens with zero attached hydrogens (tertiary/aromatic N) is 2. The molecule has 1 fully saturated rings. The summed E-state index contributed by atoms with van der Waals surface area (Å²) in [7, 11) is 3.36. The summed E-state index contributed by atoms with van der Waals surface area (Å²) in [5.74, 6) is 0.842. The van der Waals surface area contributed by atoms with Crippen LogP contribution in [-0.2, 0) is 19.7 Å². The zero-order valence-corrected chi connectivity index (χ0v) is 23.9. The van der Waals surface area contributed by atoms with Crippen molar-refractivity contribution in [1.29, 1.82) is 0 Å². The van der Waals surface area contributed by atoms with Crippen LogP contribution in [0.25, 0.3) is 16.9 Å². The van der Waals surface area contributed by atoms with Gasteiger partial charge in [0, 0.05) is 24.6 Å². The molecule has 4 rings (SSSR count). The summed E-state index contributed by atoms with van der Waals surface area (Å²) in [6.45, 7) is 9.20. The van der Waals surface area contributed by atoms with E-state index in [1.54, 1.807) is 14.2 Å². The van der Waals surface area contributed by atoms with Crippen LogP contribution in [0.5, 0.6) is 5.75 Å². The van der Waals surface area contributed by atoms with Crippen LogP contribution in [0, 0.1) is 6.92 Å². The van der Waals surface area contributed by atoms with Gasteiger partial charge in [0.15, 0.2) is 0 Å². The third kappa shape index (κ3) is 8.79. The van der Waals surface area contributed by atoms with Crippen molar-refractivity contribution in [3.8, 4) is 22.7 Å². The van der Waals surface area contributed by atoms with Crippen molar-refractivity contribution in [3.63, 3.8) is 0 Å². The lowest BCUT2D eigenvalue weighted by molar-refractivity contribution is -0.106. The summed E-state index contributed by atoms with van der Waals surface area (Å²) >= 11 is 0. The van der Waals surface area contributed by atoms with Crippen LogP contribution < -0.4 is 10.5 Å². The maximum atomic E-state index is 9.05. The van der Waals surface area contributed by atoms with Gasteiger partial charge in [-0.3, -0.25) is 0 Å². The third-order valence-electron chi connectivity index (χ3n) is 6.55. The van der Waals surface area contributed by atoms with E-state index < -0.39 is 0 Å². The summed E-state index contributed by atoms with van der Waals surface area (Å²) in [4.78, 5) is 9.05. The van der Waals surface area contributed by atoms with E-state index in [9.17, 15) is 0 Å². The smallest absolute Gasteiger partial charge is 0.146 e. The zero-order chi connectivity index (χ0) is 28.0. The highest BCUT2D eigenvalue weighted by atomic mass is 16.7. The average Bonchev–Trinajstić information content (AvgIpc) is 3.40. The molecule has 7 heteroatoms. The Morgan fingerprint density at radius 2 is 1.63 bits per heavy atom. The molecule has 2 N–H and O–H groups in total. The minimum Gasteiger partial charge on any atom is -0.497 e. The molecular formula is C31H45N3O4. The van der Waals surface area contributed by atoms with Crippen molar-refractivity contribution in [2.75, 3.05) is 27.6 Å². The Morgan fingerprint density at radius 3 is 2.13 bits per heavy atom. The molecule has 0 amide bonds. The number of ether oxygens (including phenoxy) is 3. The molecule has 3 aromatic rings. The van der Waals surface area contributed by atoms with Crippen LogP contribution in [0.15, 0.2) is 54.6 Å². The molecule has 0 bridgehead atoms. The Bertz CT molecular complexity index is 1070. The van der Waals surface area contributed by atoms with Crippen molar-refractivity contribution in [2.24, 2.45) is 5.73 Å². The van der Waals surface area contributed by atoms with Gasteiger partial charge < -0.3 is 24.7 Å². The largest absolute Gasteiger partial charge is 0.497 e. The molecular weight excluding hydrogens is 478 g/mol. The minimum atomic E-state index is 0.0318. The van der Waals surface area contributed by atoms with Gasteiger partial charge in [-0.25, -0.2) is 4.68 Å². The maximum absolute atomic E-state index is 9.05. The molecule has 0 saturated heterocycles. The Morgan fingerprint density at radius 1 is 1.05 bits per heavy atom. The number of hydrogen-bond acceptors (Lipinski definition) is 6. The summed E-state index contributed by atoms with van der Waals surface area (Å²) in [6, 6.07) is 19.0. The summed E-state index contributed by atoms with van der Waals surface area (Å²) in [5.41, 5.74) is 10.4. The molecule has 38 heavy (non-hydrogen) atoms. The molecule has 0 radical (unpaired) electrons. The molecule has 208 valence electrons. The highest BCUT2D eigenvalue weighted by Gasteiger charge is 2.36. The first kappa shape index (κ1) is 31.2. The number of rotatable bonds is 8. The number of benzene rings is 2. The van der Waals surface area contributed by atoms with Crippen LogP contribution in [0.2, 0.25) is 0 Å². The minimum absolute atomic E-state index is 0.0318. The molecule has 1 aromatic heterocycles. The SMILES string of the molecule is CCC.COCOC1CCC(C)(c2cc(-c3ccc(C)cc3)n(-c3ccc(OC)cc3)n2)CC1.NCC=O.